The molecule has 0 unspecified atom stereocenters. The molecular formula is C12H12O5. The van der Waals surface area contributed by atoms with E-state index in [2.05, 4.69) is 9.78 Å². The molecule has 0 aliphatic carbocycles. The molecule has 0 saturated heterocycles. The summed E-state index contributed by atoms with van der Waals surface area (Å²) in [5.74, 6) is -2.39. The Bertz CT molecular complexity index is 422. The van der Waals surface area contributed by atoms with E-state index < -0.39 is 17.5 Å². The Morgan fingerprint density at radius 3 is 2.47 bits per heavy atom. The molecule has 0 heterocycles. The lowest BCUT2D eigenvalue weighted by molar-refractivity contribution is -0.265. The van der Waals surface area contributed by atoms with Gasteiger partial charge in [0.05, 0.1) is 6.61 Å². The first-order valence-electron chi connectivity index (χ1n) is 4.99. The molecule has 90 valence electrons. The van der Waals surface area contributed by atoms with E-state index in [1.165, 1.54) is 6.08 Å². The number of carboxylic acid groups (broad SMARTS) is 1. The molecule has 0 aliphatic heterocycles. The third kappa shape index (κ3) is 4.08. The molecule has 1 rings (SSSR count). The average Bonchev–Trinajstić information content (AvgIpc) is 2.34. The lowest BCUT2D eigenvalue weighted by Gasteiger charge is -2.02. The molecule has 5 heteroatoms. The van der Waals surface area contributed by atoms with Gasteiger partial charge in [-0.1, -0.05) is 30.3 Å². The van der Waals surface area contributed by atoms with Crippen LogP contribution in [0.1, 0.15) is 12.5 Å². The Balaban J connectivity index is 2.90. The first kappa shape index (κ1) is 12.9. The van der Waals surface area contributed by atoms with Crippen LogP contribution in [0.4, 0.5) is 0 Å². The molecule has 0 saturated carbocycles. The number of carbonyl (C=O) groups is 2. The molecule has 5 nitrogen and oxygen atoms in total. The number of hydrogen-bond acceptors (Lipinski definition) is 4. The van der Waals surface area contributed by atoms with Crippen molar-refractivity contribution < 1.29 is 24.5 Å². The first-order valence-corrected chi connectivity index (χ1v) is 4.99. The normalized spacial score (nSPS) is 11.0. The third-order valence-electron chi connectivity index (χ3n) is 1.81. The maximum Gasteiger partial charge on any atom is 0.380 e. The van der Waals surface area contributed by atoms with Crippen LogP contribution in [0.25, 0.3) is 6.08 Å². The standard InChI is InChI=1S/C12H12O5/c1-2-16-17-12(15)10(11(13)14)8-9-6-4-3-5-7-9/h3-8H,2H2,1H3,(H,13,14). The molecule has 1 N–H and O–H groups in total. The summed E-state index contributed by atoms with van der Waals surface area (Å²) in [4.78, 5) is 30.9. The smallest absolute Gasteiger partial charge is 0.380 e. The zero-order valence-electron chi connectivity index (χ0n) is 9.25. The van der Waals surface area contributed by atoms with Crippen molar-refractivity contribution in [3.8, 4) is 0 Å². The average molecular weight is 236 g/mol. The zero-order chi connectivity index (χ0) is 12.7. The van der Waals surface area contributed by atoms with E-state index in [-0.39, 0.29) is 6.61 Å². The van der Waals surface area contributed by atoms with E-state index in [4.69, 9.17) is 5.11 Å². The van der Waals surface area contributed by atoms with Gasteiger partial charge in [-0.2, -0.15) is 4.89 Å². The van der Waals surface area contributed by atoms with Gasteiger partial charge in [-0.25, -0.2) is 9.59 Å². The van der Waals surface area contributed by atoms with Gasteiger partial charge in [-0.3, -0.25) is 4.89 Å². The number of aliphatic carboxylic acids is 1. The molecule has 0 amide bonds. The molecule has 1 aromatic rings. The van der Waals surface area contributed by atoms with Gasteiger partial charge < -0.3 is 5.11 Å². The minimum atomic E-state index is -1.36. The van der Waals surface area contributed by atoms with Crippen molar-refractivity contribution in [3.05, 3.63) is 41.5 Å². The van der Waals surface area contributed by atoms with Crippen LogP contribution in [-0.4, -0.2) is 23.7 Å². The monoisotopic (exact) mass is 236 g/mol. The minimum Gasteiger partial charge on any atom is -0.477 e. The summed E-state index contributed by atoms with van der Waals surface area (Å²) in [6.07, 6.45) is 1.23. The van der Waals surface area contributed by atoms with E-state index in [9.17, 15) is 9.59 Å². The summed E-state index contributed by atoms with van der Waals surface area (Å²) in [6, 6.07) is 8.61. The number of hydrogen-bond donors (Lipinski definition) is 1. The van der Waals surface area contributed by atoms with Gasteiger partial charge in [0.2, 0.25) is 0 Å². The Hall–Kier alpha value is -2.14. The van der Waals surface area contributed by atoms with Gasteiger partial charge in [0.15, 0.2) is 0 Å². The van der Waals surface area contributed by atoms with E-state index in [1.807, 2.05) is 0 Å². The highest BCUT2D eigenvalue weighted by molar-refractivity contribution is 6.16. The maximum atomic E-state index is 11.4. The van der Waals surface area contributed by atoms with Gasteiger partial charge in [0.1, 0.15) is 5.57 Å². The molecule has 0 bridgehead atoms. The van der Waals surface area contributed by atoms with E-state index in [0.29, 0.717) is 5.56 Å². The van der Waals surface area contributed by atoms with Crippen LogP contribution < -0.4 is 0 Å². The van der Waals surface area contributed by atoms with Crippen LogP contribution in [0.5, 0.6) is 0 Å². The molecule has 0 aliphatic rings. The lowest BCUT2D eigenvalue weighted by atomic mass is 10.1. The molecule has 0 atom stereocenters. The van der Waals surface area contributed by atoms with Crippen molar-refractivity contribution in [1.82, 2.24) is 0 Å². The van der Waals surface area contributed by atoms with E-state index in [0.717, 1.165) is 0 Å². The predicted molar refractivity (Wildman–Crippen MR) is 59.8 cm³/mol. The number of rotatable bonds is 5. The molecule has 0 radical (unpaired) electrons. The number of carboxylic acids is 1. The predicted octanol–water partition coefficient (Wildman–Crippen LogP) is 1.65. The first-order chi connectivity index (χ1) is 8.15. The maximum absolute atomic E-state index is 11.4. The van der Waals surface area contributed by atoms with Crippen molar-refractivity contribution in [1.29, 1.82) is 0 Å². The van der Waals surface area contributed by atoms with Crippen LogP contribution in [-0.2, 0) is 19.4 Å². The largest absolute Gasteiger partial charge is 0.477 e. The second-order valence-corrected chi connectivity index (χ2v) is 3.05. The molecule has 0 spiro atoms. The van der Waals surface area contributed by atoms with Crippen molar-refractivity contribution in [2.24, 2.45) is 0 Å². The molecular weight excluding hydrogens is 224 g/mol. The highest BCUT2D eigenvalue weighted by Gasteiger charge is 2.19. The Labute approximate surface area is 98.2 Å². The summed E-state index contributed by atoms with van der Waals surface area (Å²) in [6.45, 7) is 1.78. The Kier molecular flexibility index (Phi) is 4.90. The fraction of sp³-hybridized carbons (Fsp3) is 0.167. The van der Waals surface area contributed by atoms with Crippen LogP contribution >= 0.6 is 0 Å². The molecule has 17 heavy (non-hydrogen) atoms. The number of benzene rings is 1. The van der Waals surface area contributed by atoms with E-state index in [1.54, 1.807) is 37.3 Å². The molecule has 0 fully saturated rings. The van der Waals surface area contributed by atoms with E-state index >= 15 is 0 Å². The third-order valence-corrected chi connectivity index (χ3v) is 1.81. The Morgan fingerprint density at radius 2 is 1.94 bits per heavy atom. The molecule has 0 aromatic heterocycles. The highest BCUT2D eigenvalue weighted by atomic mass is 17.2. The van der Waals surface area contributed by atoms with Gasteiger partial charge >= 0.3 is 11.9 Å². The summed E-state index contributed by atoms with van der Waals surface area (Å²) < 4.78 is 0. The number of carbonyl (C=O) groups excluding carboxylic acids is 1. The van der Waals surface area contributed by atoms with Gasteiger partial charge in [-0.05, 0) is 18.6 Å². The van der Waals surface area contributed by atoms with Crippen molar-refractivity contribution in [2.45, 2.75) is 6.92 Å². The second kappa shape index (κ2) is 6.44. The second-order valence-electron chi connectivity index (χ2n) is 3.05. The van der Waals surface area contributed by atoms with Crippen LogP contribution in [0.3, 0.4) is 0 Å². The highest BCUT2D eigenvalue weighted by Crippen LogP contribution is 2.08. The summed E-state index contributed by atoms with van der Waals surface area (Å²) in [7, 11) is 0. The van der Waals surface area contributed by atoms with Crippen molar-refractivity contribution >= 4 is 18.0 Å². The van der Waals surface area contributed by atoms with Gasteiger partial charge in [-0.15, -0.1) is 0 Å². The minimum absolute atomic E-state index is 0.157. The van der Waals surface area contributed by atoms with Crippen LogP contribution in [0.2, 0.25) is 0 Å². The van der Waals surface area contributed by atoms with Crippen molar-refractivity contribution in [2.75, 3.05) is 6.61 Å². The summed E-state index contributed by atoms with van der Waals surface area (Å²) >= 11 is 0. The fourth-order valence-corrected chi connectivity index (χ4v) is 1.08. The fourth-order valence-electron chi connectivity index (χ4n) is 1.08. The van der Waals surface area contributed by atoms with Gasteiger partial charge in [0, 0.05) is 0 Å². The van der Waals surface area contributed by atoms with Crippen LogP contribution in [0, 0.1) is 0 Å². The zero-order valence-corrected chi connectivity index (χ0v) is 9.25. The topological polar surface area (TPSA) is 72.8 Å². The van der Waals surface area contributed by atoms with Crippen LogP contribution in [0.15, 0.2) is 35.9 Å². The quantitative estimate of drug-likeness (QED) is 0.276. The SMILES string of the molecule is CCOOC(=O)C(=Cc1ccccc1)C(=O)O. The summed E-state index contributed by atoms with van der Waals surface area (Å²) in [5.41, 5.74) is 0.114. The van der Waals surface area contributed by atoms with Gasteiger partial charge in [0.25, 0.3) is 0 Å². The lowest BCUT2D eigenvalue weighted by Crippen LogP contribution is -2.15. The Morgan fingerprint density at radius 1 is 1.29 bits per heavy atom. The molecule has 1 aromatic carbocycles. The summed E-state index contributed by atoms with van der Waals surface area (Å²) in [5, 5.41) is 8.88. The van der Waals surface area contributed by atoms with Crippen molar-refractivity contribution in [3.63, 3.8) is 0 Å².